The molecule has 2 aliphatic rings. The molecule has 0 unspecified atom stereocenters. The number of hydrogen-bond acceptors (Lipinski definition) is 4. The summed E-state index contributed by atoms with van der Waals surface area (Å²) in [4.78, 5) is 2.45. The lowest BCUT2D eigenvalue weighted by Gasteiger charge is -2.35. The number of hydrogen-bond donors (Lipinski definition) is 0. The lowest BCUT2D eigenvalue weighted by molar-refractivity contribution is -0.141. The fourth-order valence-electron chi connectivity index (χ4n) is 4.49. The molecule has 0 spiro atoms. The molecule has 1 aromatic heterocycles. The van der Waals surface area contributed by atoms with Crippen molar-refractivity contribution in [1.29, 1.82) is 0 Å². The van der Waals surface area contributed by atoms with Crippen LogP contribution in [-0.2, 0) is 23.1 Å². The van der Waals surface area contributed by atoms with Crippen molar-refractivity contribution < 1.29 is 21.6 Å². The Bertz CT molecular complexity index is 803. The summed E-state index contributed by atoms with van der Waals surface area (Å²) in [6.07, 6.45) is 2.16. The fourth-order valence-corrected chi connectivity index (χ4v) is 6.57. The summed E-state index contributed by atoms with van der Waals surface area (Å²) in [5, 5.41) is 3.64. The molecule has 0 bridgehead atoms. The molecule has 2 fully saturated rings. The van der Waals surface area contributed by atoms with Gasteiger partial charge in [-0.1, -0.05) is 22.6 Å². The molecule has 1 saturated carbocycles. The largest absolute Gasteiger partial charge is 0.435 e. The van der Waals surface area contributed by atoms with Crippen molar-refractivity contribution in [3.05, 3.63) is 17.5 Å². The van der Waals surface area contributed by atoms with Gasteiger partial charge in [-0.2, -0.15) is 18.3 Å². The van der Waals surface area contributed by atoms with Crippen LogP contribution in [0.4, 0.5) is 13.2 Å². The standard InChI is InChI=1S/C18H27F3IN3O2S/c1-24-15(11-16(23-24)18(19,20)21)13-3-5-14(6-4-13)25-9-7-17(22,12-25)8-10-28(2,26)27/h11,13-14H,3-10,12H2,1-2H3/t13?,14?,17-/m0/s1. The second-order valence-electron chi connectivity index (χ2n) is 8.33. The minimum Gasteiger partial charge on any atom is -0.299 e. The molecule has 1 atom stereocenters. The number of halogens is 4. The predicted molar refractivity (Wildman–Crippen MR) is 110 cm³/mol. The third-order valence-electron chi connectivity index (χ3n) is 6.09. The quantitative estimate of drug-likeness (QED) is 0.427. The van der Waals surface area contributed by atoms with Gasteiger partial charge < -0.3 is 0 Å². The molecule has 0 amide bonds. The minimum absolute atomic E-state index is 0.00133. The third kappa shape index (κ3) is 5.41. The summed E-state index contributed by atoms with van der Waals surface area (Å²) >= 11 is 2.42. The van der Waals surface area contributed by atoms with Crippen LogP contribution in [0.25, 0.3) is 0 Å². The van der Waals surface area contributed by atoms with Gasteiger partial charge in [0.1, 0.15) is 9.84 Å². The number of rotatable bonds is 5. The third-order valence-corrected chi connectivity index (χ3v) is 8.46. The lowest BCUT2D eigenvalue weighted by atomic mass is 9.83. The highest BCUT2D eigenvalue weighted by molar-refractivity contribution is 14.1. The second kappa shape index (κ2) is 8.05. The van der Waals surface area contributed by atoms with E-state index >= 15 is 0 Å². The number of likely N-dealkylation sites (tertiary alicyclic amines) is 1. The number of aryl methyl sites for hydroxylation is 1. The van der Waals surface area contributed by atoms with Crippen molar-refractivity contribution in [3.63, 3.8) is 0 Å². The van der Waals surface area contributed by atoms with Gasteiger partial charge in [-0.15, -0.1) is 0 Å². The second-order valence-corrected chi connectivity index (χ2v) is 12.9. The maximum absolute atomic E-state index is 12.9. The van der Waals surface area contributed by atoms with Gasteiger partial charge in [0.25, 0.3) is 0 Å². The number of nitrogens with zero attached hydrogens (tertiary/aromatic N) is 3. The topological polar surface area (TPSA) is 55.2 Å². The van der Waals surface area contributed by atoms with E-state index in [9.17, 15) is 21.6 Å². The fraction of sp³-hybridized carbons (Fsp3) is 0.833. The predicted octanol–water partition coefficient (Wildman–Crippen LogP) is 3.78. The highest BCUT2D eigenvalue weighted by Gasteiger charge is 2.40. The molecule has 0 N–H and O–H groups in total. The van der Waals surface area contributed by atoms with Crippen LogP contribution in [0.15, 0.2) is 6.07 Å². The first-order valence-corrected chi connectivity index (χ1v) is 12.7. The zero-order valence-electron chi connectivity index (χ0n) is 16.2. The zero-order chi connectivity index (χ0) is 20.7. The summed E-state index contributed by atoms with van der Waals surface area (Å²) < 4.78 is 63.1. The summed E-state index contributed by atoms with van der Waals surface area (Å²) in [5.74, 6) is 0.334. The Morgan fingerprint density at radius 3 is 2.46 bits per heavy atom. The van der Waals surface area contributed by atoms with Gasteiger partial charge in [0.05, 0.1) is 5.75 Å². The van der Waals surface area contributed by atoms with Crippen molar-refractivity contribution in [2.24, 2.45) is 7.05 Å². The molecule has 3 rings (SSSR count). The summed E-state index contributed by atoms with van der Waals surface area (Å²) in [5.41, 5.74) is -0.143. The Labute approximate surface area is 178 Å². The maximum Gasteiger partial charge on any atom is 0.435 e. The van der Waals surface area contributed by atoms with E-state index in [4.69, 9.17) is 0 Å². The van der Waals surface area contributed by atoms with Crippen LogP contribution in [0.5, 0.6) is 0 Å². The molecule has 28 heavy (non-hydrogen) atoms. The van der Waals surface area contributed by atoms with Gasteiger partial charge in [-0.25, -0.2) is 8.42 Å². The summed E-state index contributed by atoms with van der Waals surface area (Å²) in [6, 6.07) is 1.63. The SMILES string of the molecule is Cn1nc(C(F)(F)F)cc1C1CCC(N2CC[C@](I)(CCS(C)(=O)=O)C2)CC1. The van der Waals surface area contributed by atoms with E-state index < -0.39 is 21.7 Å². The summed E-state index contributed by atoms with van der Waals surface area (Å²) in [7, 11) is -1.37. The van der Waals surface area contributed by atoms with E-state index in [-0.39, 0.29) is 15.1 Å². The van der Waals surface area contributed by atoms with Gasteiger partial charge in [0.2, 0.25) is 0 Å². The van der Waals surface area contributed by atoms with Crippen LogP contribution in [-0.4, -0.2) is 57.7 Å². The molecule has 0 aromatic carbocycles. The van der Waals surface area contributed by atoms with Crippen LogP contribution in [0.3, 0.4) is 0 Å². The summed E-state index contributed by atoms with van der Waals surface area (Å²) in [6.45, 7) is 1.86. The van der Waals surface area contributed by atoms with Gasteiger partial charge in [-0.05, 0) is 51.1 Å². The van der Waals surface area contributed by atoms with E-state index in [1.54, 1.807) is 7.05 Å². The average molecular weight is 533 g/mol. The van der Waals surface area contributed by atoms with E-state index in [1.165, 1.54) is 17.0 Å². The Morgan fingerprint density at radius 1 is 1.29 bits per heavy atom. The molecule has 0 radical (unpaired) electrons. The normalized spacial score (nSPS) is 30.1. The van der Waals surface area contributed by atoms with Crippen LogP contribution in [0, 0.1) is 0 Å². The molecule has 1 aliphatic heterocycles. The lowest BCUT2D eigenvalue weighted by Crippen LogP contribution is -2.38. The molecule has 1 aromatic rings. The minimum atomic E-state index is -4.40. The Kier molecular flexibility index (Phi) is 6.42. The molecule has 5 nitrogen and oxygen atoms in total. The molecule has 1 aliphatic carbocycles. The highest BCUT2D eigenvalue weighted by Crippen LogP contribution is 2.41. The molecule has 2 heterocycles. The van der Waals surface area contributed by atoms with E-state index in [0.29, 0.717) is 18.2 Å². The number of aromatic nitrogens is 2. The first-order chi connectivity index (χ1) is 12.9. The number of sulfone groups is 1. The van der Waals surface area contributed by atoms with Gasteiger partial charge in [-0.3, -0.25) is 9.58 Å². The molecule has 160 valence electrons. The first-order valence-electron chi connectivity index (χ1n) is 9.58. The van der Waals surface area contributed by atoms with Crippen molar-refractivity contribution in [3.8, 4) is 0 Å². The van der Waals surface area contributed by atoms with Crippen LogP contribution < -0.4 is 0 Å². The van der Waals surface area contributed by atoms with E-state index in [0.717, 1.165) is 45.2 Å². The van der Waals surface area contributed by atoms with Crippen molar-refractivity contribution in [1.82, 2.24) is 14.7 Å². The van der Waals surface area contributed by atoms with Crippen molar-refractivity contribution in [2.75, 3.05) is 25.1 Å². The Morgan fingerprint density at radius 2 is 1.93 bits per heavy atom. The Hall–Kier alpha value is -0.360. The van der Waals surface area contributed by atoms with Gasteiger partial charge in [0.15, 0.2) is 5.69 Å². The van der Waals surface area contributed by atoms with Crippen molar-refractivity contribution >= 4 is 32.4 Å². The van der Waals surface area contributed by atoms with E-state index in [1.807, 2.05) is 0 Å². The monoisotopic (exact) mass is 533 g/mol. The van der Waals surface area contributed by atoms with Crippen LogP contribution >= 0.6 is 22.6 Å². The van der Waals surface area contributed by atoms with Gasteiger partial charge in [0, 0.05) is 40.9 Å². The zero-order valence-corrected chi connectivity index (χ0v) is 19.1. The molecular weight excluding hydrogens is 506 g/mol. The average Bonchev–Trinajstić information content (AvgIpc) is 3.17. The first kappa shape index (κ1) is 22.3. The highest BCUT2D eigenvalue weighted by atomic mass is 127. The van der Waals surface area contributed by atoms with Crippen LogP contribution in [0.1, 0.15) is 55.8 Å². The molecule has 10 heteroatoms. The number of alkyl halides is 4. The van der Waals surface area contributed by atoms with E-state index in [2.05, 4.69) is 32.6 Å². The molecular formula is C18H27F3IN3O2S. The van der Waals surface area contributed by atoms with Crippen molar-refractivity contribution in [2.45, 2.75) is 60.1 Å². The molecule has 1 saturated heterocycles. The van der Waals surface area contributed by atoms with Gasteiger partial charge >= 0.3 is 6.18 Å². The smallest absolute Gasteiger partial charge is 0.299 e. The Balaban J connectivity index is 1.56. The maximum atomic E-state index is 12.9. The van der Waals surface area contributed by atoms with Crippen LogP contribution in [0.2, 0.25) is 0 Å².